The minimum absolute atomic E-state index is 0.0645. The highest BCUT2D eigenvalue weighted by molar-refractivity contribution is 5.94. The van der Waals surface area contributed by atoms with Crippen molar-refractivity contribution < 1.29 is 32.6 Å². The molecule has 1 unspecified atom stereocenters. The molecule has 1 aromatic carbocycles. The molecule has 0 saturated carbocycles. The van der Waals surface area contributed by atoms with E-state index in [0.717, 1.165) is 58.8 Å². The molecule has 4 heterocycles. The maximum absolute atomic E-state index is 13.2. The molecule has 2 N–H and O–H groups in total. The van der Waals surface area contributed by atoms with Gasteiger partial charge in [-0.2, -0.15) is 18.3 Å². The molecule has 1 amide bonds. The Labute approximate surface area is 203 Å². The van der Waals surface area contributed by atoms with Crippen molar-refractivity contribution in [2.45, 2.75) is 19.0 Å². The molecule has 2 aromatic heterocycles. The third-order valence-electron chi connectivity index (χ3n) is 6.22. The summed E-state index contributed by atoms with van der Waals surface area (Å²) in [6.45, 7) is 6.04. The van der Waals surface area contributed by atoms with Gasteiger partial charge in [0.25, 0.3) is 11.5 Å². The number of nitrogens with one attached hydrogen (secondary N) is 1. The van der Waals surface area contributed by atoms with Gasteiger partial charge in [-0.1, -0.05) is 12.1 Å². The fourth-order valence-electron chi connectivity index (χ4n) is 4.50. The minimum Gasteiger partial charge on any atom is -0.475 e. The highest BCUT2D eigenvalue weighted by atomic mass is 19.4. The van der Waals surface area contributed by atoms with Gasteiger partial charge >= 0.3 is 12.1 Å². The molecule has 194 valence electrons. The molecule has 0 bridgehead atoms. The van der Waals surface area contributed by atoms with E-state index in [1.54, 1.807) is 16.6 Å². The number of carboxylic acid groups (broad SMARTS) is 1. The quantitative estimate of drug-likeness (QED) is 0.554. The Bertz CT molecular complexity index is 1300. The van der Waals surface area contributed by atoms with E-state index in [9.17, 15) is 22.8 Å². The second kappa shape index (κ2) is 10.7. The van der Waals surface area contributed by atoms with Crippen LogP contribution < -0.4 is 5.56 Å². The number of alkyl halides is 3. The van der Waals surface area contributed by atoms with Crippen LogP contribution in [0.5, 0.6) is 0 Å². The summed E-state index contributed by atoms with van der Waals surface area (Å²) in [7, 11) is 0. The highest BCUT2D eigenvalue weighted by Crippen LogP contribution is 2.21. The van der Waals surface area contributed by atoms with E-state index >= 15 is 0 Å². The number of aliphatic carboxylic acids is 1. The van der Waals surface area contributed by atoms with Crippen molar-refractivity contribution in [2.24, 2.45) is 5.92 Å². The Kier molecular flexibility index (Phi) is 7.59. The summed E-state index contributed by atoms with van der Waals surface area (Å²) in [4.78, 5) is 41.5. The lowest BCUT2D eigenvalue weighted by Gasteiger charge is -2.36. The zero-order chi connectivity index (χ0) is 25.9. The van der Waals surface area contributed by atoms with Crippen LogP contribution in [0.1, 0.15) is 23.3 Å². The third-order valence-corrected chi connectivity index (χ3v) is 6.22. The van der Waals surface area contributed by atoms with Crippen LogP contribution in [-0.2, 0) is 9.53 Å². The summed E-state index contributed by atoms with van der Waals surface area (Å²) < 4.78 is 38.8. The Balaban J connectivity index is 0.000000384. The molecule has 2 aliphatic heterocycles. The Hall–Kier alpha value is -3.45. The van der Waals surface area contributed by atoms with Gasteiger partial charge in [-0.15, -0.1) is 0 Å². The van der Waals surface area contributed by atoms with Crippen LogP contribution in [-0.4, -0.2) is 93.5 Å². The molecule has 36 heavy (non-hydrogen) atoms. The van der Waals surface area contributed by atoms with E-state index in [1.165, 1.54) is 0 Å². The third kappa shape index (κ3) is 5.85. The molecular weight excluding hydrogens is 483 g/mol. The molecule has 5 rings (SSSR count). The number of para-hydroxylation sites is 1. The number of benzene rings is 1. The number of carboxylic acids is 1. The molecule has 13 heteroatoms. The van der Waals surface area contributed by atoms with Gasteiger partial charge in [0.05, 0.1) is 24.1 Å². The van der Waals surface area contributed by atoms with Gasteiger partial charge in [-0.3, -0.25) is 14.5 Å². The summed E-state index contributed by atoms with van der Waals surface area (Å²) in [6.07, 6.45) is -2.93. The molecule has 0 radical (unpaired) electrons. The average Bonchev–Trinajstić information content (AvgIpc) is 3.28. The lowest BCUT2D eigenvalue weighted by Crippen LogP contribution is -2.46. The van der Waals surface area contributed by atoms with Crippen molar-refractivity contribution in [3.8, 4) is 0 Å². The topological polar surface area (TPSA) is 120 Å². The van der Waals surface area contributed by atoms with Gasteiger partial charge in [0.2, 0.25) is 0 Å². The van der Waals surface area contributed by atoms with Gasteiger partial charge in [0.1, 0.15) is 5.65 Å². The molecule has 10 nitrogen and oxygen atoms in total. The van der Waals surface area contributed by atoms with Crippen molar-refractivity contribution in [1.82, 2.24) is 24.4 Å². The van der Waals surface area contributed by atoms with Crippen LogP contribution in [0.2, 0.25) is 0 Å². The smallest absolute Gasteiger partial charge is 0.475 e. The number of H-pyrrole nitrogens is 1. The number of carbonyl (C=O) groups excluding carboxylic acids is 1. The molecule has 2 aliphatic rings. The normalized spacial score (nSPS) is 19.2. The number of morpholine rings is 1. The Morgan fingerprint density at radius 2 is 1.86 bits per heavy atom. The van der Waals surface area contributed by atoms with Gasteiger partial charge in [0, 0.05) is 38.8 Å². The number of ether oxygens (including phenoxy) is 1. The Morgan fingerprint density at radius 1 is 1.17 bits per heavy atom. The molecule has 0 aliphatic carbocycles. The summed E-state index contributed by atoms with van der Waals surface area (Å²) in [5.74, 6) is -2.35. The van der Waals surface area contributed by atoms with Crippen LogP contribution in [0.3, 0.4) is 0 Å². The van der Waals surface area contributed by atoms with Gasteiger partial charge in [-0.05, 0) is 30.9 Å². The first-order chi connectivity index (χ1) is 17.1. The number of aromatic amines is 1. The number of amides is 1. The number of fused-ring (bicyclic) bond motifs is 3. The minimum atomic E-state index is -5.08. The number of hydrogen-bond donors (Lipinski definition) is 2. The highest BCUT2D eigenvalue weighted by Gasteiger charge is 2.38. The van der Waals surface area contributed by atoms with Crippen LogP contribution >= 0.6 is 0 Å². The second-order valence-corrected chi connectivity index (χ2v) is 8.77. The van der Waals surface area contributed by atoms with Crippen LogP contribution in [0.15, 0.2) is 35.1 Å². The number of aromatic nitrogens is 3. The maximum Gasteiger partial charge on any atom is 0.490 e. The van der Waals surface area contributed by atoms with Crippen molar-refractivity contribution in [1.29, 1.82) is 0 Å². The first-order valence-electron chi connectivity index (χ1n) is 11.5. The monoisotopic (exact) mass is 509 g/mol. The first kappa shape index (κ1) is 25.6. The van der Waals surface area contributed by atoms with E-state index in [1.807, 2.05) is 23.1 Å². The van der Waals surface area contributed by atoms with Gasteiger partial charge < -0.3 is 19.7 Å². The second-order valence-electron chi connectivity index (χ2n) is 8.77. The number of nitrogens with zero attached hydrogens (tertiary/aromatic N) is 4. The Morgan fingerprint density at radius 3 is 2.56 bits per heavy atom. The number of halogens is 3. The number of piperidine rings is 1. The molecule has 2 fully saturated rings. The summed E-state index contributed by atoms with van der Waals surface area (Å²) >= 11 is 0. The predicted molar refractivity (Wildman–Crippen MR) is 123 cm³/mol. The maximum atomic E-state index is 13.2. The number of carbonyl (C=O) groups is 2. The molecule has 3 aromatic rings. The van der Waals surface area contributed by atoms with Gasteiger partial charge in [0.15, 0.2) is 5.69 Å². The van der Waals surface area contributed by atoms with Crippen LogP contribution in [0, 0.1) is 5.92 Å². The largest absolute Gasteiger partial charge is 0.490 e. The van der Waals surface area contributed by atoms with Crippen molar-refractivity contribution >= 4 is 28.4 Å². The van der Waals surface area contributed by atoms with Crippen LogP contribution in [0.25, 0.3) is 16.6 Å². The fourth-order valence-corrected chi connectivity index (χ4v) is 4.50. The number of rotatable bonds is 3. The van der Waals surface area contributed by atoms with E-state index in [0.29, 0.717) is 28.2 Å². The molecule has 0 spiro atoms. The number of hydrogen-bond acceptors (Lipinski definition) is 6. The van der Waals surface area contributed by atoms with E-state index < -0.39 is 12.1 Å². The van der Waals surface area contributed by atoms with Crippen molar-refractivity contribution in [2.75, 3.05) is 45.9 Å². The summed E-state index contributed by atoms with van der Waals surface area (Å²) in [6, 6.07) is 8.98. The molecular formula is C23H26F3N5O5. The SMILES string of the molecule is O=C(O)C(F)(F)F.O=C(c1cc2[nH]c(=O)c3ccccc3n2n1)N1CCCC(CN2CCOCC2)C1. The lowest BCUT2D eigenvalue weighted by atomic mass is 9.97. The van der Waals surface area contributed by atoms with Crippen molar-refractivity contribution in [3.05, 3.63) is 46.4 Å². The number of likely N-dealkylation sites (tertiary alicyclic amines) is 1. The predicted octanol–water partition coefficient (Wildman–Crippen LogP) is 1.99. The summed E-state index contributed by atoms with van der Waals surface area (Å²) in [5.41, 5.74) is 1.45. The standard InChI is InChI=1S/C21H25N5O3.C2HF3O2/c27-20-16-5-1-2-6-18(16)26-19(22-20)12-17(23-26)21(28)25-7-3-4-15(14-25)13-24-8-10-29-11-9-24;3-2(4,5)1(6)7/h1-2,5-6,12,15H,3-4,7-11,13-14H2,(H,22,27);(H,6,7). The zero-order valence-corrected chi connectivity index (χ0v) is 19.3. The first-order valence-corrected chi connectivity index (χ1v) is 11.5. The van der Waals surface area contributed by atoms with Crippen molar-refractivity contribution in [3.63, 3.8) is 0 Å². The van der Waals surface area contributed by atoms with E-state index in [4.69, 9.17) is 14.6 Å². The van der Waals surface area contributed by atoms with Gasteiger partial charge in [-0.25, -0.2) is 9.31 Å². The molecule has 1 atom stereocenters. The molecule has 2 saturated heterocycles. The average molecular weight is 509 g/mol. The fraction of sp³-hybridized carbons (Fsp3) is 0.478. The zero-order valence-electron chi connectivity index (χ0n) is 19.3. The lowest BCUT2D eigenvalue weighted by molar-refractivity contribution is -0.192. The van der Waals surface area contributed by atoms with E-state index in [2.05, 4.69) is 15.0 Å². The van der Waals surface area contributed by atoms with Crippen LogP contribution in [0.4, 0.5) is 13.2 Å². The summed E-state index contributed by atoms with van der Waals surface area (Å²) in [5, 5.41) is 12.2. The van der Waals surface area contributed by atoms with E-state index in [-0.39, 0.29) is 11.5 Å².